The van der Waals surface area contributed by atoms with E-state index in [1.807, 2.05) is 42.6 Å². The molecule has 0 aliphatic carbocycles. The van der Waals surface area contributed by atoms with Crippen LogP contribution in [0, 0.1) is 0 Å². The second-order valence-electron chi connectivity index (χ2n) is 5.17. The lowest BCUT2D eigenvalue weighted by Crippen LogP contribution is -2.14. The number of hydrogen-bond acceptors (Lipinski definition) is 4. The topological polar surface area (TPSA) is 72.2 Å². The Labute approximate surface area is 137 Å². The van der Waals surface area contributed by atoms with E-state index in [0.29, 0.717) is 11.3 Å². The van der Waals surface area contributed by atoms with Crippen molar-refractivity contribution in [3.63, 3.8) is 0 Å². The van der Waals surface area contributed by atoms with Crippen molar-refractivity contribution in [1.29, 1.82) is 0 Å². The highest BCUT2D eigenvalue weighted by atomic mass is 16.1. The van der Waals surface area contributed by atoms with Gasteiger partial charge >= 0.3 is 0 Å². The normalized spacial score (nSPS) is 10.7. The van der Waals surface area contributed by atoms with E-state index in [2.05, 4.69) is 20.4 Å². The van der Waals surface area contributed by atoms with E-state index in [4.69, 9.17) is 0 Å². The fourth-order valence-electron chi connectivity index (χ4n) is 2.46. The van der Waals surface area contributed by atoms with Gasteiger partial charge in [0.1, 0.15) is 0 Å². The summed E-state index contributed by atoms with van der Waals surface area (Å²) in [6, 6.07) is 16.6. The van der Waals surface area contributed by atoms with Crippen LogP contribution in [0.2, 0.25) is 0 Å². The number of fused-ring (bicyclic) bond motifs is 1. The molecule has 3 aromatic heterocycles. The summed E-state index contributed by atoms with van der Waals surface area (Å²) in [4.78, 5) is 20.8. The fraction of sp³-hybridized carbons (Fsp3) is 0. The number of nitrogens with one attached hydrogen (secondary N) is 1. The van der Waals surface area contributed by atoms with Crippen LogP contribution in [0.4, 0.5) is 5.95 Å². The van der Waals surface area contributed by atoms with Gasteiger partial charge in [0.15, 0.2) is 0 Å². The van der Waals surface area contributed by atoms with Gasteiger partial charge in [-0.15, -0.1) is 0 Å². The minimum absolute atomic E-state index is 0.243. The van der Waals surface area contributed by atoms with Gasteiger partial charge in [-0.1, -0.05) is 24.3 Å². The van der Waals surface area contributed by atoms with Crippen molar-refractivity contribution in [3.8, 4) is 11.3 Å². The molecule has 0 aliphatic heterocycles. The van der Waals surface area contributed by atoms with Crippen LogP contribution in [0.25, 0.3) is 16.8 Å². The molecule has 3 heterocycles. The molecular formula is C18H13N5O. The summed E-state index contributed by atoms with van der Waals surface area (Å²) in [5.74, 6) is 0.0178. The Bertz CT molecular complexity index is 1010. The number of aromatic nitrogens is 4. The molecule has 1 N–H and O–H groups in total. The van der Waals surface area contributed by atoms with Crippen LogP contribution in [-0.2, 0) is 0 Å². The van der Waals surface area contributed by atoms with Crippen molar-refractivity contribution in [2.24, 2.45) is 0 Å². The number of carbonyl (C=O) groups is 1. The molecule has 0 unspecified atom stereocenters. The molecule has 116 valence electrons. The van der Waals surface area contributed by atoms with Crippen molar-refractivity contribution < 1.29 is 4.79 Å². The first-order chi connectivity index (χ1) is 11.8. The summed E-state index contributed by atoms with van der Waals surface area (Å²) in [6.45, 7) is 0. The van der Waals surface area contributed by atoms with Gasteiger partial charge in [-0.25, -0.2) is 14.5 Å². The minimum Gasteiger partial charge on any atom is -0.290 e. The zero-order valence-corrected chi connectivity index (χ0v) is 12.6. The minimum atomic E-state index is -0.243. The van der Waals surface area contributed by atoms with Crippen LogP contribution in [0.3, 0.4) is 0 Å². The predicted molar refractivity (Wildman–Crippen MR) is 90.6 cm³/mol. The van der Waals surface area contributed by atoms with Crippen molar-refractivity contribution >= 4 is 17.4 Å². The molecule has 0 aliphatic rings. The third-order valence-electron chi connectivity index (χ3n) is 3.62. The summed E-state index contributed by atoms with van der Waals surface area (Å²) < 4.78 is 1.78. The summed E-state index contributed by atoms with van der Waals surface area (Å²) >= 11 is 0. The molecular weight excluding hydrogens is 302 g/mol. The molecule has 0 bridgehead atoms. The molecule has 0 saturated carbocycles. The van der Waals surface area contributed by atoms with Crippen LogP contribution >= 0.6 is 0 Å². The highest BCUT2D eigenvalue weighted by molar-refractivity contribution is 6.03. The van der Waals surface area contributed by atoms with Gasteiger partial charge in [0.05, 0.1) is 17.4 Å². The molecule has 24 heavy (non-hydrogen) atoms. The first-order valence-corrected chi connectivity index (χ1v) is 7.43. The zero-order valence-electron chi connectivity index (χ0n) is 12.6. The number of pyridine rings is 1. The Morgan fingerprint density at radius 1 is 1.00 bits per heavy atom. The van der Waals surface area contributed by atoms with E-state index >= 15 is 0 Å². The summed E-state index contributed by atoms with van der Waals surface area (Å²) in [7, 11) is 0. The maximum atomic E-state index is 12.2. The fourth-order valence-corrected chi connectivity index (χ4v) is 2.46. The second-order valence-corrected chi connectivity index (χ2v) is 5.17. The lowest BCUT2D eigenvalue weighted by Gasteiger charge is -2.05. The van der Waals surface area contributed by atoms with Crippen molar-refractivity contribution in [3.05, 3.63) is 78.8 Å². The van der Waals surface area contributed by atoms with Gasteiger partial charge in [-0.3, -0.25) is 10.1 Å². The Kier molecular flexibility index (Phi) is 3.47. The molecule has 6 nitrogen and oxygen atoms in total. The van der Waals surface area contributed by atoms with Crippen molar-refractivity contribution in [2.75, 3.05) is 5.32 Å². The van der Waals surface area contributed by atoms with Gasteiger partial charge in [0.2, 0.25) is 5.95 Å². The Balaban J connectivity index is 1.66. The largest absolute Gasteiger partial charge is 0.290 e. The summed E-state index contributed by atoms with van der Waals surface area (Å²) in [6.07, 6.45) is 5.24. The number of amides is 1. The van der Waals surface area contributed by atoms with E-state index in [1.165, 1.54) is 0 Å². The van der Waals surface area contributed by atoms with Crippen molar-refractivity contribution in [2.45, 2.75) is 0 Å². The van der Waals surface area contributed by atoms with E-state index in [0.717, 1.165) is 11.1 Å². The molecule has 0 saturated heterocycles. The molecule has 0 spiro atoms. The van der Waals surface area contributed by atoms with E-state index < -0.39 is 0 Å². The molecule has 6 heteroatoms. The number of benzene rings is 1. The zero-order chi connectivity index (χ0) is 16.4. The monoisotopic (exact) mass is 315 g/mol. The van der Waals surface area contributed by atoms with Gasteiger partial charge in [-0.05, 0) is 30.3 Å². The second kappa shape index (κ2) is 5.92. The Morgan fingerprint density at radius 2 is 1.83 bits per heavy atom. The Morgan fingerprint density at radius 3 is 2.71 bits per heavy atom. The number of rotatable bonds is 3. The van der Waals surface area contributed by atoms with Gasteiger partial charge < -0.3 is 0 Å². The van der Waals surface area contributed by atoms with Crippen LogP contribution < -0.4 is 5.32 Å². The van der Waals surface area contributed by atoms with E-state index in [-0.39, 0.29) is 11.9 Å². The molecule has 0 fully saturated rings. The average molecular weight is 315 g/mol. The number of hydrogen-bond donors (Lipinski definition) is 1. The highest BCUT2D eigenvalue weighted by Gasteiger charge is 2.11. The molecule has 0 radical (unpaired) electrons. The SMILES string of the molecule is O=C(Nc1nccc(-c2cnn3ccccc23)n1)c1ccccc1. The summed E-state index contributed by atoms with van der Waals surface area (Å²) in [5, 5.41) is 7.02. The smallest absolute Gasteiger partial charge is 0.258 e. The van der Waals surface area contributed by atoms with Gasteiger partial charge in [0, 0.05) is 23.5 Å². The average Bonchev–Trinajstić information content (AvgIpc) is 3.07. The first kappa shape index (κ1) is 14.1. The first-order valence-electron chi connectivity index (χ1n) is 7.43. The van der Waals surface area contributed by atoms with Gasteiger partial charge in [-0.2, -0.15) is 5.10 Å². The third kappa shape index (κ3) is 2.61. The lowest BCUT2D eigenvalue weighted by atomic mass is 10.2. The van der Waals surface area contributed by atoms with E-state index in [1.54, 1.807) is 35.1 Å². The maximum absolute atomic E-state index is 12.2. The Hall–Kier alpha value is -3.54. The quantitative estimate of drug-likeness (QED) is 0.631. The molecule has 1 aromatic carbocycles. The molecule has 1 amide bonds. The number of carbonyl (C=O) groups excluding carboxylic acids is 1. The lowest BCUT2D eigenvalue weighted by molar-refractivity contribution is 0.102. The molecule has 4 rings (SSSR count). The van der Waals surface area contributed by atoms with Crippen LogP contribution in [0.5, 0.6) is 0 Å². The van der Waals surface area contributed by atoms with Crippen LogP contribution in [0.15, 0.2) is 73.2 Å². The predicted octanol–water partition coefficient (Wildman–Crippen LogP) is 3.04. The highest BCUT2D eigenvalue weighted by Crippen LogP contribution is 2.22. The molecule has 0 atom stereocenters. The molecule has 4 aromatic rings. The third-order valence-corrected chi connectivity index (χ3v) is 3.62. The van der Waals surface area contributed by atoms with Crippen LogP contribution in [-0.4, -0.2) is 25.5 Å². The summed E-state index contributed by atoms with van der Waals surface area (Å²) in [5.41, 5.74) is 3.08. The van der Waals surface area contributed by atoms with Gasteiger partial charge in [0.25, 0.3) is 5.91 Å². The standard InChI is InChI=1S/C18H13N5O/c24-17(13-6-2-1-3-7-13)22-18-19-10-9-15(21-18)14-12-20-23-11-5-4-8-16(14)23/h1-12H,(H,19,21,22,24). The number of anilines is 1. The van der Waals surface area contributed by atoms with E-state index in [9.17, 15) is 4.79 Å². The van der Waals surface area contributed by atoms with Crippen LogP contribution in [0.1, 0.15) is 10.4 Å². The maximum Gasteiger partial charge on any atom is 0.258 e. The number of nitrogens with zero attached hydrogens (tertiary/aromatic N) is 4. The van der Waals surface area contributed by atoms with Crippen molar-refractivity contribution in [1.82, 2.24) is 19.6 Å².